The number of rotatable bonds is 12. The van der Waals surface area contributed by atoms with Crippen molar-refractivity contribution in [1.29, 1.82) is 0 Å². The van der Waals surface area contributed by atoms with E-state index >= 15 is 0 Å². The van der Waals surface area contributed by atoms with Gasteiger partial charge in [-0.1, -0.05) is 41.5 Å². The number of ether oxygens (including phenoxy) is 3. The second-order valence-electron chi connectivity index (χ2n) is 6.37. The minimum absolute atomic E-state index is 0.732. The van der Waals surface area contributed by atoms with Gasteiger partial charge in [0.1, 0.15) is 17.3 Å². The van der Waals surface area contributed by atoms with Crippen molar-refractivity contribution in [2.24, 2.45) is 0 Å². The van der Waals surface area contributed by atoms with Gasteiger partial charge in [-0.05, 0) is 56.8 Å². The van der Waals surface area contributed by atoms with Crippen LogP contribution in [0, 0.1) is 0 Å². The first-order chi connectivity index (χ1) is 11.9. The van der Waals surface area contributed by atoms with Crippen molar-refractivity contribution < 1.29 is 14.2 Å². The molecule has 0 unspecified atom stereocenters. The lowest BCUT2D eigenvalue weighted by molar-refractivity contribution is -0.239. The summed E-state index contributed by atoms with van der Waals surface area (Å²) in [6.07, 6.45) is 5.39. The summed E-state index contributed by atoms with van der Waals surface area (Å²) < 4.78 is 18.5. The Labute approximate surface area is 156 Å². The summed E-state index contributed by atoms with van der Waals surface area (Å²) in [6, 6.07) is 0. The van der Waals surface area contributed by atoms with Crippen molar-refractivity contribution in [3.63, 3.8) is 0 Å². The first-order valence-corrected chi connectivity index (χ1v) is 9.93. The molecule has 0 rings (SSSR count). The van der Waals surface area contributed by atoms with E-state index in [0.717, 1.165) is 55.8 Å². The molecule has 0 spiro atoms. The molecule has 0 saturated heterocycles. The zero-order valence-electron chi connectivity index (χ0n) is 18.0. The molecule has 0 amide bonds. The van der Waals surface area contributed by atoms with E-state index in [1.165, 1.54) is 16.7 Å². The molecule has 0 aliphatic carbocycles. The molecule has 0 aliphatic rings. The molecule has 0 atom stereocenters. The van der Waals surface area contributed by atoms with Crippen molar-refractivity contribution in [2.45, 2.75) is 107 Å². The van der Waals surface area contributed by atoms with Gasteiger partial charge in [0.15, 0.2) is 0 Å². The maximum Gasteiger partial charge on any atom is 0.405 e. The molecule has 0 aromatic rings. The fraction of sp³-hybridized carbons (Fsp3) is 0.727. The summed E-state index contributed by atoms with van der Waals surface area (Å²) in [6.45, 7) is 18.3. The fourth-order valence-electron chi connectivity index (χ4n) is 2.47. The lowest BCUT2D eigenvalue weighted by atomic mass is 10.1. The Bertz CT molecular complexity index is 412. The summed E-state index contributed by atoms with van der Waals surface area (Å²) in [5, 5.41) is 0. The second kappa shape index (κ2) is 12.9. The summed E-state index contributed by atoms with van der Waals surface area (Å²) in [5.74, 6) is 2.88. The Morgan fingerprint density at radius 2 is 0.720 bits per heavy atom. The van der Waals surface area contributed by atoms with Crippen LogP contribution in [0.25, 0.3) is 0 Å². The smallest absolute Gasteiger partial charge is 0.405 e. The molecular weight excluding hydrogens is 312 g/mol. The molecule has 0 aliphatic heterocycles. The van der Waals surface area contributed by atoms with Crippen LogP contribution in [0.5, 0.6) is 0 Å². The van der Waals surface area contributed by atoms with Crippen LogP contribution in [0.3, 0.4) is 0 Å². The van der Waals surface area contributed by atoms with Crippen molar-refractivity contribution in [1.82, 2.24) is 0 Å². The zero-order valence-corrected chi connectivity index (χ0v) is 18.0. The highest BCUT2D eigenvalue weighted by Crippen LogP contribution is 2.25. The van der Waals surface area contributed by atoms with Gasteiger partial charge in [0.05, 0.1) is 0 Å². The third-order valence-corrected chi connectivity index (χ3v) is 4.70. The molecule has 0 bridgehead atoms. The summed E-state index contributed by atoms with van der Waals surface area (Å²) in [5.41, 5.74) is 3.72. The molecule has 0 aromatic heterocycles. The Balaban J connectivity index is 5.65. The van der Waals surface area contributed by atoms with E-state index in [1.54, 1.807) is 0 Å². The lowest BCUT2D eigenvalue weighted by Crippen LogP contribution is -2.22. The van der Waals surface area contributed by atoms with Crippen LogP contribution in [0.15, 0.2) is 34.0 Å². The van der Waals surface area contributed by atoms with Gasteiger partial charge in [0.2, 0.25) is 0 Å². The standard InChI is InChI=1S/C22H40O3/c1-10-16(7)19(13-4)23-22(24-20(14-5)17(8)11-2)25-21(15-6)18(9)12-3/h22H,10-15H2,1-9H3/b19-16+,20-17+,21-18+. The SMILES string of the molecule is CC/C(C)=C(\CC)OC(O/C(CC)=C(\C)CC)O/C(CC)=C(\C)CC. The molecule has 0 radical (unpaired) electrons. The fourth-order valence-corrected chi connectivity index (χ4v) is 2.47. The van der Waals surface area contributed by atoms with Crippen LogP contribution in [-0.2, 0) is 14.2 Å². The number of hydrogen-bond acceptors (Lipinski definition) is 3. The average Bonchev–Trinajstić information content (AvgIpc) is 2.65. The van der Waals surface area contributed by atoms with Crippen molar-refractivity contribution in [2.75, 3.05) is 0 Å². The van der Waals surface area contributed by atoms with Gasteiger partial charge in [0.25, 0.3) is 0 Å². The summed E-state index contributed by atoms with van der Waals surface area (Å²) in [4.78, 5) is 0. The van der Waals surface area contributed by atoms with Crippen LogP contribution >= 0.6 is 0 Å². The first-order valence-electron chi connectivity index (χ1n) is 9.93. The van der Waals surface area contributed by atoms with Crippen molar-refractivity contribution >= 4 is 0 Å². The van der Waals surface area contributed by atoms with E-state index in [4.69, 9.17) is 14.2 Å². The molecule has 0 aromatic carbocycles. The zero-order chi connectivity index (χ0) is 19.4. The molecular formula is C22H40O3. The Morgan fingerprint density at radius 1 is 0.480 bits per heavy atom. The molecule has 0 N–H and O–H groups in total. The van der Waals surface area contributed by atoms with E-state index in [2.05, 4.69) is 62.3 Å². The van der Waals surface area contributed by atoms with E-state index < -0.39 is 6.48 Å². The highest BCUT2D eigenvalue weighted by Gasteiger charge is 2.20. The molecule has 0 fully saturated rings. The summed E-state index contributed by atoms with van der Waals surface area (Å²) in [7, 11) is 0. The van der Waals surface area contributed by atoms with Gasteiger partial charge in [-0.15, -0.1) is 0 Å². The van der Waals surface area contributed by atoms with E-state index in [-0.39, 0.29) is 0 Å². The second-order valence-corrected chi connectivity index (χ2v) is 6.37. The van der Waals surface area contributed by atoms with Gasteiger partial charge in [-0.25, -0.2) is 0 Å². The van der Waals surface area contributed by atoms with Crippen LogP contribution in [0.2, 0.25) is 0 Å². The Kier molecular flexibility index (Phi) is 12.2. The van der Waals surface area contributed by atoms with E-state index in [1.807, 2.05) is 0 Å². The van der Waals surface area contributed by atoms with Crippen LogP contribution in [0.4, 0.5) is 0 Å². The third kappa shape index (κ3) is 8.02. The van der Waals surface area contributed by atoms with Gasteiger partial charge in [0, 0.05) is 19.3 Å². The predicted molar refractivity (Wildman–Crippen MR) is 107 cm³/mol. The van der Waals surface area contributed by atoms with Gasteiger partial charge in [-0.2, -0.15) is 0 Å². The van der Waals surface area contributed by atoms with Crippen molar-refractivity contribution in [3.8, 4) is 0 Å². The first kappa shape index (κ1) is 23.6. The van der Waals surface area contributed by atoms with E-state index in [0.29, 0.717) is 0 Å². The Morgan fingerprint density at radius 3 is 0.880 bits per heavy atom. The highest BCUT2D eigenvalue weighted by molar-refractivity contribution is 5.08. The maximum absolute atomic E-state index is 6.17. The van der Waals surface area contributed by atoms with Crippen molar-refractivity contribution in [3.05, 3.63) is 34.0 Å². The quantitative estimate of drug-likeness (QED) is 0.267. The highest BCUT2D eigenvalue weighted by atomic mass is 16.8. The number of allylic oxidation sites excluding steroid dienone is 6. The topological polar surface area (TPSA) is 27.7 Å². The largest absolute Gasteiger partial charge is 0.428 e. The molecule has 25 heavy (non-hydrogen) atoms. The van der Waals surface area contributed by atoms with Crippen LogP contribution in [0.1, 0.15) is 101 Å². The molecule has 0 saturated carbocycles. The van der Waals surface area contributed by atoms with Gasteiger partial charge < -0.3 is 14.2 Å². The molecule has 3 heteroatoms. The van der Waals surface area contributed by atoms with Gasteiger partial charge >= 0.3 is 6.48 Å². The average molecular weight is 353 g/mol. The van der Waals surface area contributed by atoms with Crippen LogP contribution in [-0.4, -0.2) is 6.48 Å². The van der Waals surface area contributed by atoms with Gasteiger partial charge in [-0.3, -0.25) is 0 Å². The molecule has 146 valence electrons. The predicted octanol–water partition coefficient (Wildman–Crippen LogP) is 7.60. The van der Waals surface area contributed by atoms with E-state index in [9.17, 15) is 0 Å². The summed E-state index contributed by atoms with van der Waals surface area (Å²) >= 11 is 0. The third-order valence-electron chi connectivity index (χ3n) is 4.70. The minimum atomic E-state index is -0.732. The Hall–Kier alpha value is -1.38. The van der Waals surface area contributed by atoms with Crippen LogP contribution < -0.4 is 0 Å². The number of hydrogen-bond donors (Lipinski definition) is 0. The molecule has 3 nitrogen and oxygen atoms in total. The minimum Gasteiger partial charge on any atom is -0.428 e. The normalized spacial score (nSPS) is 14.6. The lowest BCUT2D eigenvalue weighted by Gasteiger charge is -2.26. The monoisotopic (exact) mass is 352 g/mol. The maximum atomic E-state index is 6.17. The molecule has 0 heterocycles.